The van der Waals surface area contributed by atoms with Gasteiger partial charge in [0.2, 0.25) is 0 Å². The summed E-state index contributed by atoms with van der Waals surface area (Å²) in [6, 6.07) is 13.2. The van der Waals surface area contributed by atoms with Crippen LogP contribution in [0.3, 0.4) is 0 Å². The number of hydrogen-bond donors (Lipinski definition) is 1. The van der Waals surface area contributed by atoms with Crippen molar-refractivity contribution in [3.63, 3.8) is 0 Å². The van der Waals surface area contributed by atoms with Gasteiger partial charge in [0, 0.05) is 20.6 Å². The average molecular weight is 383 g/mol. The lowest BCUT2D eigenvalue weighted by Gasteiger charge is -2.54. The van der Waals surface area contributed by atoms with Crippen LogP contribution in [-0.4, -0.2) is 43.3 Å². The molecule has 6 nitrogen and oxygen atoms in total. The molecule has 2 aromatic carbocycles. The summed E-state index contributed by atoms with van der Waals surface area (Å²) in [4.78, 5) is 13.8. The summed E-state index contributed by atoms with van der Waals surface area (Å²) in [6.45, 7) is 5.98. The molecule has 0 radical (unpaired) electrons. The first-order chi connectivity index (χ1) is 13.4. The molecule has 1 heterocycles. The fourth-order valence-electron chi connectivity index (χ4n) is 4.18. The van der Waals surface area contributed by atoms with Gasteiger partial charge in [-0.05, 0) is 41.3 Å². The number of rotatable bonds is 5. The summed E-state index contributed by atoms with van der Waals surface area (Å²) in [5, 5.41) is 10.3. The molecule has 3 rings (SSSR count). The molecule has 28 heavy (non-hydrogen) atoms. The molecule has 0 aliphatic carbocycles. The number of hydrogen-bond acceptors (Lipinski definition) is 4. The van der Waals surface area contributed by atoms with Crippen molar-refractivity contribution in [2.75, 3.05) is 21.3 Å². The van der Waals surface area contributed by atoms with Crippen LogP contribution >= 0.6 is 0 Å². The third kappa shape index (κ3) is 2.68. The summed E-state index contributed by atoms with van der Waals surface area (Å²) in [6.07, 6.45) is 0.682. The van der Waals surface area contributed by atoms with Crippen LogP contribution in [0.15, 0.2) is 55.1 Å². The zero-order chi connectivity index (χ0) is 20.5. The third-order valence-corrected chi connectivity index (χ3v) is 5.52. The number of fused-ring (bicyclic) bond motifs is 1. The zero-order valence-corrected chi connectivity index (χ0v) is 16.6. The Balaban J connectivity index is 2.49. The first-order valence-corrected chi connectivity index (χ1v) is 8.91. The molecule has 1 amide bonds. The van der Waals surface area contributed by atoms with E-state index in [4.69, 9.17) is 14.2 Å². The molecule has 0 saturated carbocycles. The first-order valence-electron chi connectivity index (χ1n) is 8.91. The number of ether oxygens (including phenoxy) is 3. The molecule has 1 aliphatic rings. The van der Waals surface area contributed by atoms with E-state index in [-0.39, 0.29) is 6.42 Å². The monoisotopic (exact) mass is 383 g/mol. The highest BCUT2D eigenvalue weighted by Crippen LogP contribution is 2.50. The Kier molecular flexibility index (Phi) is 5.19. The molecule has 0 spiro atoms. The van der Waals surface area contributed by atoms with E-state index in [1.54, 1.807) is 13.2 Å². The first kappa shape index (κ1) is 19.9. The van der Waals surface area contributed by atoms with Crippen molar-refractivity contribution in [3.8, 4) is 5.75 Å². The minimum absolute atomic E-state index is 0.229. The molecule has 0 aromatic heterocycles. The number of nitrogens with zero attached hydrogens (tertiary/aromatic N) is 1. The molecule has 0 saturated heterocycles. The van der Waals surface area contributed by atoms with Crippen LogP contribution in [-0.2, 0) is 21.4 Å². The highest BCUT2D eigenvalue weighted by molar-refractivity contribution is 5.72. The molecule has 0 bridgehead atoms. The van der Waals surface area contributed by atoms with E-state index in [0.717, 1.165) is 22.3 Å². The van der Waals surface area contributed by atoms with Crippen molar-refractivity contribution in [2.24, 2.45) is 0 Å². The molecule has 1 atom stereocenters. The predicted octanol–water partition coefficient (Wildman–Crippen LogP) is 3.92. The Morgan fingerprint density at radius 3 is 2.36 bits per heavy atom. The van der Waals surface area contributed by atoms with E-state index in [2.05, 4.69) is 6.58 Å². The fourth-order valence-corrected chi connectivity index (χ4v) is 4.18. The van der Waals surface area contributed by atoms with Gasteiger partial charge in [-0.2, -0.15) is 0 Å². The number of aryl methyl sites for hydroxylation is 1. The van der Waals surface area contributed by atoms with Gasteiger partial charge in [-0.15, -0.1) is 6.58 Å². The number of amides is 1. The van der Waals surface area contributed by atoms with Gasteiger partial charge >= 0.3 is 6.09 Å². The van der Waals surface area contributed by atoms with Crippen molar-refractivity contribution >= 4 is 6.09 Å². The molecule has 1 unspecified atom stereocenters. The van der Waals surface area contributed by atoms with Crippen LogP contribution in [0.1, 0.15) is 22.3 Å². The number of benzene rings is 2. The molecule has 6 heteroatoms. The Labute approximate surface area is 164 Å². The van der Waals surface area contributed by atoms with E-state index in [1.165, 1.54) is 19.1 Å². The summed E-state index contributed by atoms with van der Waals surface area (Å²) < 4.78 is 16.8. The maximum atomic E-state index is 12.6. The Morgan fingerprint density at radius 1 is 1.14 bits per heavy atom. The minimum Gasteiger partial charge on any atom is -0.497 e. The van der Waals surface area contributed by atoms with Crippen LogP contribution in [0.5, 0.6) is 5.75 Å². The second-order valence-electron chi connectivity index (χ2n) is 6.72. The second kappa shape index (κ2) is 7.30. The second-order valence-corrected chi connectivity index (χ2v) is 6.72. The van der Waals surface area contributed by atoms with Gasteiger partial charge in [-0.1, -0.05) is 36.4 Å². The highest BCUT2D eigenvalue weighted by Gasteiger charge is 2.58. The average Bonchev–Trinajstić information content (AvgIpc) is 2.72. The standard InChI is InChI=1S/C22H25NO5/c1-6-21(18-10-8-7-9-15(18)2)19-13-17(26-3)12-11-16(19)14-22(27-4,28-5)23(21)20(24)25/h6-13H,1,14H2,2-5H3,(H,24,25). The van der Waals surface area contributed by atoms with Gasteiger partial charge < -0.3 is 19.3 Å². The summed E-state index contributed by atoms with van der Waals surface area (Å²) >= 11 is 0. The Hall–Kier alpha value is -2.83. The summed E-state index contributed by atoms with van der Waals surface area (Å²) in [7, 11) is 4.47. The van der Waals surface area contributed by atoms with Crippen LogP contribution in [0.2, 0.25) is 0 Å². The molecule has 148 valence electrons. The summed E-state index contributed by atoms with van der Waals surface area (Å²) in [5.74, 6) is -0.879. The van der Waals surface area contributed by atoms with Gasteiger partial charge in [-0.3, -0.25) is 0 Å². The molecule has 1 aliphatic heterocycles. The molecule has 1 N–H and O–H groups in total. The van der Waals surface area contributed by atoms with Crippen molar-refractivity contribution in [1.29, 1.82) is 0 Å². The topological polar surface area (TPSA) is 68.2 Å². The van der Waals surface area contributed by atoms with Gasteiger partial charge in [0.05, 0.1) is 7.11 Å². The largest absolute Gasteiger partial charge is 0.497 e. The lowest BCUT2D eigenvalue weighted by Crippen LogP contribution is -2.66. The van der Waals surface area contributed by atoms with E-state index in [0.29, 0.717) is 5.75 Å². The van der Waals surface area contributed by atoms with Gasteiger partial charge in [0.1, 0.15) is 11.3 Å². The maximum absolute atomic E-state index is 12.6. The van der Waals surface area contributed by atoms with Gasteiger partial charge in [0.25, 0.3) is 5.91 Å². The quantitative estimate of drug-likeness (QED) is 0.626. The van der Waals surface area contributed by atoms with Crippen molar-refractivity contribution in [3.05, 3.63) is 77.4 Å². The highest BCUT2D eigenvalue weighted by atomic mass is 16.7. The number of methoxy groups -OCH3 is 3. The van der Waals surface area contributed by atoms with E-state index in [1.807, 2.05) is 49.4 Å². The van der Waals surface area contributed by atoms with Crippen molar-refractivity contribution < 1.29 is 24.1 Å². The van der Waals surface area contributed by atoms with E-state index in [9.17, 15) is 9.90 Å². The smallest absolute Gasteiger partial charge is 0.412 e. The Bertz CT molecular complexity index is 906. The van der Waals surface area contributed by atoms with Crippen LogP contribution in [0, 0.1) is 6.92 Å². The third-order valence-electron chi connectivity index (χ3n) is 5.52. The molecular formula is C22H25NO5. The van der Waals surface area contributed by atoms with Crippen LogP contribution in [0.4, 0.5) is 4.79 Å². The Morgan fingerprint density at radius 2 is 1.82 bits per heavy atom. The fraction of sp³-hybridized carbons (Fsp3) is 0.318. The zero-order valence-electron chi connectivity index (χ0n) is 16.6. The van der Waals surface area contributed by atoms with Gasteiger partial charge in [-0.25, -0.2) is 9.69 Å². The lowest BCUT2D eigenvalue weighted by atomic mass is 9.73. The maximum Gasteiger partial charge on any atom is 0.412 e. The SMILES string of the molecule is C=CC1(c2ccccc2C)c2cc(OC)ccc2CC(OC)(OC)N1C(=O)O. The number of carboxylic acid groups (broad SMARTS) is 1. The summed E-state index contributed by atoms with van der Waals surface area (Å²) in [5.41, 5.74) is 2.13. The van der Waals surface area contributed by atoms with E-state index < -0.39 is 17.5 Å². The van der Waals surface area contributed by atoms with Gasteiger partial charge in [0.15, 0.2) is 0 Å². The molecule has 0 fully saturated rings. The number of carbonyl (C=O) groups is 1. The van der Waals surface area contributed by atoms with Crippen LogP contribution in [0.25, 0.3) is 0 Å². The van der Waals surface area contributed by atoms with Crippen molar-refractivity contribution in [1.82, 2.24) is 4.90 Å². The molecular weight excluding hydrogens is 358 g/mol. The normalized spacial score (nSPS) is 20.4. The predicted molar refractivity (Wildman–Crippen MR) is 105 cm³/mol. The van der Waals surface area contributed by atoms with Crippen LogP contribution < -0.4 is 4.74 Å². The minimum atomic E-state index is -1.51. The van der Waals surface area contributed by atoms with E-state index >= 15 is 0 Å². The van der Waals surface area contributed by atoms with Crippen molar-refractivity contribution in [2.45, 2.75) is 24.8 Å². The lowest BCUT2D eigenvalue weighted by molar-refractivity contribution is -0.301. The molecule has 2 aromatic rings.